The van der Waals surface area contributed by atoms with Crippen molar-refractivity contribution in [3.8, 4) is 5.75 Å². The van der Waals surface area contributed by atoms with Gasteiger partial charge in [-0.1, -0.05) is 42.2 Å². The van der Waals surface area contributed by atoms with Crippen LogP contribution in [0.3, 0.4) is 0 Å². The third-order valence-electron chi connectivity index (χ3n) is 2.17. The molecule has 3 nitrogen and oxygen atoms in total. The van der Waals surface area contributed by atoms with E-state index in [2.05, 4.69) is 0 Å². The van der Waals surface area contributed by atoms with E-state index in [1.54, 1.807) is 4.90 Å². The molecule has 2 rings (SSSR count). The number of nitrogens with zero attached hydrogens (tertiary/aromatic N) is 1. The fraction of sp³-hybridized carbons (Fsp3) is 0.273. The molecule has 1 fully saturated rings. The van der Waals surface area contributed by atoms with Crippen LogP contribution in [0, 0.1) is 0 Å². The van der Waals surface area contributed by atoms with Gasteiger partial charge in [0.1, 0.15) is 16.7 Å². The molecule has 0 aliphatic carbocycles. The van der Waals surface area contributed by atoms with Crippen molar-refractivity contribution >= 4 is 34.2 Å². The Morgan fingerprint density at radius 3 is 2.75 bits per heavy atom. The number of carbonyl (C=O) groups excluding carboxylic acids is 1. The maximum atomic E-state index is 11.4. The van der Waals surface area contributed by atoms with Crippen LogP contribution in [0.1, 0.15) is 0 Å². The zero-order valence-corrected chi connectivity index (χ0v) is 10.2. The average Bonchev–Trinajstić information content (AvgIpc) is 2.62. The first-order valence-corrected chi connectivity index (χ1v) is 6.32. The van der Waals surface area contributed by atoms with E-state index >= 15 is 0 Å². The lowest BCUT2D eigenvalue weighted by Crippen LogP contribution is -2.32. The number of para-hydroxylation sites is 1. The van der Waals surface area contributed by atoms with Crippen molar-refractivity contribution in [2.24, 2.45) is 0 Å². The Hall–Kier alpha value is -1.07. The molecule has 1 saturated heterocycles. The van der Waals surface area contributed by atoms with Crippen molar-refractivity contribution in [3.63, 3.8) is 0 Å². The Morgan fingerprint density at radius 2 is 2.12 bits per heavy atom. The van der Waals surface area contributed by atoms with Gasteiger partial charge in [-0.15, -0.1) is 0 Å². The topological polar surface area (TPSA) is 29.5 Å². The number of rotatable bonds is 4. The molecule has 0 N–H and O–H groups in total. The summed E-state index contributed by atoms with van der Waals surface area (Å²) in [6.07, 6.45) is 0. The molecule has 1 amide bonds. The molecule has 84 valence electrons. The van der Waals surface area contributed by atoms with E-state index in [0.29, 0.717) is 23.2 Å². The molecule has 1 aliphatic rings. The highest BCUT2D eigenvalue weighted by atomic mass is 32.2. The van der Waals surface area contributed by atoms with Gasteiger partial charge in [-0.3, -0.25) is 9.69 Å². The Bertz CT molecular complexity index is 378. The fourth-order valence-electron chi connectivity index (χ4n) is 1.37. The minimum atomic E-state index is 0.0756. The highest BCUT2D eigenvalue weighted by Gasteiger charge is 2.25. The van der Waals surface area contributed by atoms with Gasteiger partial charge >= 0.3 is 0 Å². The van der Waals surface area contributed by atoms with Crippen LogP contribution in [0.2, 0.25) is 0 Å². The first-order valence-electron chi connectivity index (χ1n) is 4.92. The van der Waals surface area contributed by atoms with Crippen molar-refractivity contribution in [2.45, 2.75) is 0 Å². The second-order valence-corrected chi connectivity index (χ2v) is 4.87. The molecule has 5 heteroatoms. The number of thioether (sulfide) groups is 1. The number of hydrogen-bond acceptors (Lipinski definition) is 4. The maximum absolute atomic E-state index is 11.4. The van der Waals surface area contributed by atoms with Crippen molar-refractivity contribution < 1.29 is 9.53 Å². The summed E-state index contributed by atoms with van der Waals surface area (Å²) in [5.41, 5.74) is 0. The number of thiocarbonyl (C=S) groups is 1. The molecular formula is C11H11NO2S2. The maximum Gasteiger partial charge on any atom is 0.238 e. The SMILES string of the molecule is O=C1CSC(=S)N1CCOc1ccccc1. The van der Waals surface area contributed by atoms with Crippen LogP contribution in [0.15, 0.2) is 30.3 Å². The second-order valence-electron chi connectivity index (χ2n) is 3.26. The van der Waals surface area contributed by atoms with Gasteiger partial charge in [-0.25, -0.2) is 0 Å². The number of carbonyl (C=O) groups is 1. The van der Waals surface area contributed by atoms with Gasteiger partial charge in [-0.2, -0.15) is 0 Å². The third kappa shape index (κ3) is 2.74. The number of amides is 1. The lowest BCUT2D eigenvalue weighted by molar-refractivity contribution is -0.124. The quantitative estimate of drug-likeness (QED) is 0.767. The molecule has 0 saturated carbocycles. The standard InChI is InChI=1S/C11H11NO2S2/c13-10-8-16-11(15)12(10)6-7-14-9-4-2-1-3-5-9/h1-5H,6-8H2. The summed E-state index contributed by atoms with van der Waals surface area (Å²) in [5, 5.41) is 0. The lowest BCUT2D eigenvalue weighted by Gasteiger charge is -2.15. The number of hydrogen-bond donors (Lipinski definition) is 0. The molecule has 1 aromatic carbocycles. The molecule has 0 radical (unpaired) electrons. The van der Waals surface area contributed by atoms with Gasteiger partial charge in [0.25, 0.3) is 0 Å². The van der Waals surface area contributed by atoms with Gasteiger partial charge in [0.05, 0.1) is 12.3 Å². The van der Waals surface area contributed by atoms with Gasteiger partial charge in [0.15, 0.2) is 0 Å². The molecule has 0 bridgehead atoms. The molecule has 16 heavy (non-hydrogen) atoms. The van der Waals surface area contributed by atoms with E-state index in [1.807, 2.05) is 30.3 Å². The molecule has 1 aromatic rings. The highest BCUT2D eigenvalue weighted by Crippen LogP contribution is 2.18. The summed E-state index contributed by atoms with van der Waals surface area (Å²) in [6.45, 7) is 0.996. The number of ether oxygens (including phenoxy) is 1. The van der Waals surface area contributed by atoms with E-state index in [-0.39, 0.29) is 5.91 Å². The summed E-state index contributed by atoms with van der Waals surface area (Å²) in [7, 11) is 0. The first-order chi connectivity index (χ1) is 7.77. The minimum Gasteiger partial charge on any atom is -0.492 e. The third-order valence-corrected chi connectivity index (χ3v) is 3.60. The Morgan fingerprint density at radius 1 is 1.38 bits per heavy atom. The summed E-state index contributed by atoms with van der Waals surface area (Å²) in [5.74, 6) is 1.35. The zero-order chi connectivity index (χ0) is 11.4. The Kier molecular flexibility index (Phi) is 3.79. The van der Waals surface area contributed by atoms with Crippen molar-refractivity contribution in [3.05, 3.63) is 30.3 Å². The van der Waals surface area contributed by atoms with Crippen molar-refractivity contribution in [2.75, 3.05) is 18.9 Å². The smallest absolute Gasteiger partial charge is 0.238 e. The van der Waals surface area contributed by atoms with E-state index in [4.69, 9.17) is 17.0 Å². The van der Waals surface area contributed by atoms with E-state index < -0.39 is 0 Å². The van der Waals surface area contributed by atoms with Gasteiger partial charge in [0.2, 0.25) is 5.91 Å². The highest BCUT2D eigenvalue weighted by molar-refractivity contribution is 8.23. The molecule has 0 spiro atoms. The minimum absolute atomic E-state index is 0.0756. The predicted molar refractivity (Wildman–Crippen MR) is 68.7 cm³/mol. The summed E-state index contributed by atoms with van der Waals surface area (Å²) in [4.78, 5) is 13.0. The van der Waals surface area contributed by atoms with Gasteiger partial charge < -0.3 is 4.74 Å². The zero-order valence-electron chi connectivity index (χ0n) is 8.59. The molecule has 0 unspecified atom stereocenters. The monoisotopic (exact) mass is 253 g/mol. The van der Waals surface area contributed by atoms with Gasteiger partial charge in [0, 0.05) is 0 Å². The second kappa shape index (κ2) is 5.32. The van der Waals surface area contributed by atoms with Crippen LogP contribution in [0.25, 0.3) is 0 Å². The Balaban J connectivity index is 1.80. The molecular weight excluding hydrogens is 242 g/mol. The van der Waals surface area contributed by atoms with Crippen LogP contribution >= 0.6 is 24.0 Å². The molecule has 0 atom stereocenters. The summed E-state index contributed by atoms with van der Waals surface area (Å²) >= 11 is 6.47. The van der Waals surface area contributed by atoms with Crippen LogP contribution in [0.4, 0.5) is 0 Å². The van der Waals surface area contributed by atoms with E-state index in [1.165, 1.54) is 11.8 Å². The Labute approximate surface area is 104 Å². The van der Waals surface area contributed by atoms with Crippen molar-refractivity contribution in [1.82, 2.24) is 4.90 Å². The lowest BCUT2D eigenvalue weighted by atomic mass is 10.3. The van der Waals surface area contributed by atoms with Crippen LogP contribution in [0.5, 0.6) is 5.75 Å². The molecule has 1 heterocycles. The molecule has 1 aliphatic heterocycles. The van der Waals surface area contributed by atoms with E-state index in [0.717, 1.165) is 5.75 Å². The fourth-order valence-corrected chi connectivity index (χ4v) is 2.49. The van der Waals surface area contributed by atoms with E-state index in [9.17, 15) is 4.79 Å². The van der Waals surface area contributed by atoms with Crippen LogP contribution in [-0.2, 0) is 4.79 Å². The van der Waals surface area contributed by atoms with Crippen LogP contribution in [-0.4, -0.2) is 34.0 Å². The predicted octanol–water partition coefficient (Wildman–Crippen LogP) is 1.93. The first kappa shape index (κ1) is 11.4. The normalized spacial score (nSPS) is 15.6. The average molecular weight is 253 g/mol. The van der Waals surface area contributed by atoms with Gasteiger partial charge in [-0.05, 0) is 12.1 Å². The summed E-state index contributed by atoms with van der Waals surface area (Å²) in [6, 6.07) is 9.54. The molecule has 0 aromatic heterocycles. The summed E-state index contributed by atoms with van der Waals surface area (Å²) < 4.78 is 6.16. The van der Waals surface area contributed by atoms with Crippen LogP contribution < -0.4 is 4.74 Å². The number of benzene rings is 1. The largest absolute Gasteiger partial charge is 0.492 e. The van der Waals surface area contributed by atoms with Crippen molar-refractivity contribution in [1.29, 1.82) is 0 Å².